The van der Waals surface area contributed by atoms with Crippen molar-refractivity contribution in [3.05, 3.63) is 35.4 Å². The average molecular weight is 259 g/mol. The Bertz CT molecular complexity index is 382. The minimum atomic E-state index is -4.26. The smallest absolute Gasteiger partial charge is 0.379 e. The van der Waals surface area contributed by atoms with E-state index in [0.29, 0.717) is 13.2 Å². The molecule has 0 spiro atoms. The third-order valence-electron chi connectivity index (χ3n) is 3.31. The van der Waals surface area contributed by atoms with E-state index in [1.807, 2.05) is 6.92 Å². The van der Waals surface area contributed by atoms with Crippen LogP contribution in [0.25, 0.3) is 0 Å². The molecule has 1 unspecified atom stereocenters. The first-order chi connectivity index (χ1) is 8.48. The third-order valence-corrected chi connectivity index (χ3v) is 3.31. The maximum absolute atomic E-state index is 12.4. The van der Waals surface area contributed by atoms with Crippen molar-refractivity contribution in [2.45, 2.75) is 19.1 Å². The molecule has 0 N–H and O–H groups in total. The summed E-state index contributed by atoms with van der Waals surface area (Å²) in [6, 6.07) is 5.53. The van der Waals surface area contributed by atoms with E-state index in [1.165, 1.54) is 0 Å². The van der Waals surface area contributed by atoms with Crippen LogP contribution in [0.1, 0.15) is 24.1 Å². The van der Waals surface area contributed by atoms with E-state index in [9.17, 15) is 13.2 Å². The second-order valence-corrected chi connectivity index (χ2v) is 4.44. The monoisotopic (exact) mass is 259 g/mol. The highest BCUT2D eigenvalue weighted by molar-refractivity contribution is 5.26. The maximum atomic E-state index is 12.4. The molecule has 18 heavy (non-hydrogen) atoms. The fraction of sp³-hybridized carbons (Fsp3) is 0.538. The van der Waals surface area contributed by atoms with Gasteiger partial charge in [0.1, 0.15) is 0 Å². The summed E-state index contributed by atoms with van der Waals surface area (Å²) in [5.74, 6) is 0. The molecule has 0 amide bonds. The van der Waals surface area contributed by atoms with Crippen LogP contribution in [0.3, 0.4) is 0 Å². The van der Waals surface area contributed by atoms with Crippen LogP contribution in [0.4, 0.5) is 13.2 Å². The van der Waals surface area contributed by atoms with Crippen molar-refractivity contribution in [1.82, 2.24) is 4.90 Å². The number of ether oxygens (including phenoxy) is 1. The van der Waals surface area contributed by atoms with Crippen molar-refractivity contribution in [2.24, 2.45) is 0 Å². The summed E-state index contributed by atoms with van der Waals surface area (Å²) >= 11 is 0. The zero-order valence-electron chi connectivity index (χ0n) is 10.2. The van der Waals surface area contributed by atoms with Gasteiger partial charge in [-0.05, 0) is 24.6 Å². The Labute approximate surface area is 104 Å². The van der Waals surface area contributed by atoms with Gasteiger partial charge in [-0.1, -0.05) is 12.1 Å². The second kappa shape index (κ2) is 5.28. The molecule has 1 aliphatic rings. The summed E-state index contributed by atoms with van der Waals surface area (Å²) in [6.07, 6.45) is -4.26. The van der Waals surface area contributed by atoms with E-state index in [-0.39, 0.29) is 6.04 Å². The molecule has 0 aliphatic carbocycles. The van der Waals surface area contributed by atoms with Gasteiger partial charge in [0.15, 0.2) is 0 Å². The van der Waals surface area contributed by atoms with Gasteiger partial charge in [-0.25, -0.2) is 0 Å². The zero-order chi connectivity index (χ0) is 13.2. The summed E-state index contributed by atoms with van der Waals surface area (Å²) in [4.78, 5) is 2.21. The summed E-state index contributed by atoms with van der Waals surface area (Å²) in [5.41, 5.74) is 0.310. The molecule has 0 bridgehead atoms. The van der Waals surface area contributed by atoms with Gasteiger partial charge in [-0.2, -0.15) is 13.2 Å². The fourth-order valence-corrected chi connectivity index (χ4v) is 2.13. The molecule has 1 aromatic rings. The number of hydrogen-bond acceptors (Lipinski definition) is 2. The predicted molar refractivity (Wildman–Crippen MR) is 62.3 cm³/mol. The Morgan fingerprint density at radius 1 is 1.11 bits per heavy atom. The molecule has 2 rings (SSSR count). The lowest BCUT2D eigenvalue weighted by Crippen LogP contribution is -2.38. The van der Waals surface area contributed by atoms with E-state index < -0.39 is 11.7 Å². The van der Waals surface area contributed by atoms with Crippen molar-refractivity contribution in [3.8, 4) is 0 Å². The molecule has 1 aromatic carbocycles. The molecule has 0 aromatic heterocycles. The molecule has 1 aliphatic heterocycles. The van der Waals surface area contributed by atoms with Gasteiger partial charge in [-0.3, -0.25) is 4.90 Å². The molecule has 1 saturated heterocycles. The second-order valence-electron chi connectivity index (χ2n) is 4.44. The largest absolute Gasteiger partial charge is 0.416 e. The lowest BCUT2D eigenvalue weighted by Gasteiger charge is -2.32. The van der Waals surface area contributed by atoms with Gasteiger partial charge >= 0.3 is 6.18 Å². The van der Waals surface area contributed by atoms with Crippen LogP contribution < -0.4 is 0 Å². The molecule has 1 heterocycles. The summed E-state index contributed by atoms with van der Waals surface area (Å²) in [5, 5.41) is 0. The van der Waals surface area contributed by atoms with Crippen LogP contribution >= 0.6 is 0 Å². The minimum Gasteiger partial charge on any atom is -0.379 e. The Hall–Kier alpha value is -1.07. The van der Waals surface area contributed by atoms with Gasteiger partial charge in [0.2, 0.25) is 0 Å². The minimum absolute atomic E-state index is 0.121. The summed E-state index contributed by atoms with van der Waals surface area (Å²) in [6.45, 7) is 5.02. The van der Waals surface area contributed by atoms with Gasteiger partial charge < -0.3 is 4.74 Å². The third kappa shape index (κ3) is 3.03. The molecule has 2 nitrogen and oxygen atoms in total. The number of rotatable bonds is 2. The molecule has 100 valence electrons. The van der Waals surface area contributed by atoms with Crippen molar-refractivity contribution in [3.63, 3.8) is 0 Å². The summed E-state index contributed by atoms with van der Waals surface area (Å²) in [7, 11) is 0. The highest BCUT2D eigenvalue weighted by Crippen LogP contribution is 2.30. The van der Waals surface area contributed by atoms with E-state index in [0.717, 1.165) is 30.8 Å². The van der Waals surface area contributed by atoms with Crippen LogP contribution in [0.15, 0.2) is 24.3 Å². The first kappa shape index (κ1) is 13.4. The number of nitrogens with zero attached hydrogens (tertiary/aromatic N) is 1. The molecule has 1 fully saturated rings. The standard InChI is InChI=1S/C13H16F3NO/c1-10(17-6-8-18-9-7-17)11-2-4-12(5-3-11)13(14,15)16/h2-5,10H,6-9H2,1H3. The van der Waals surface area contributed by atoms with Gasteiger partial charge in [0, 0.05) is 19.1 Å². The fourth-order valence-electron chi connectivity index (χ4n) is 2.13. The normalized spacial score (nSPS) is 19.8. The average Bonchev–Trinajstić information content (AvgIpc) is 2.38. The SMILES string of the molecule is CC(c1ccc(C(F)(F)F)cc1)N1CCOCC1. The number of morpholine rings is 1. The number of hydrogen-bond donors (Lipinski definition) is 0. The van der Waals surface area contributed by atoms with E-state index in [2.05, 4.69) is 4.90 Å². The van der Waals surface area contributed by atoms with Crippen LogP contribution in [0.2, 0.25) is 0 Å². The quantitative estimate of drug-likeness (QED) is 0.809. The molecule has 5 heteroatoms. The number of benzene rings is 1. The Morgan fingerprint density at radius 3 is 2.17 bits per heavy atom. The predicted octanol–water partition coefficient (Wildman–Crippen LogP) is 3.10. The van der Waals surface area contributed by atoms with Crippen LogP contribution in [0.5, 0.6) is 0 Å². The Balaban J connectivity index is 2.09. The van der Waals surface area contributed by atoms with Crippen molar-refractivity contribution < 1.29 is 17.9 Å². The molecule has 1 atom stereocenters. The van der Waals surface area contributed by atoms with Crippen molar-refractivity contribution >= 4 is 0 Å². The van der Waals surface area contributed by atoms with Gasteiger partial charge in [0.25, 0.3) is 0 Å². The lowest BCUT2D eigenvalue weighted by molar-refractivity contribution is -0.137. The first-order valence-corrected chi connectivity index (χ1v) is 5.97. The summed E-state index contributed by atoms with van der Waals surface area (Å²) < 4.78 is 42.6. The molecular formula is C13H16F3NO. The maximum Gasteiger partial charge on any atom is 0.416 e. The highest BCUT2D eigenvalue weighted by atomic mass is 19.4. The van der Waals surface area contributed by atoms with Gasteiger partial charge in [0.05, 0.1) is 18.8 Å². The van der Waals surface area contributed by atoms with Crippen molar-refractivity contribution in [1.29, 1.82) is 0 Å². The zero-order valence-corrected chi connectivity index (χ0v) is 10.2. The first-order valence-electron chi connectivity index (χ1n) is 5.97. The van der Waals surface area contributed by atoms with E-state index in [1.54, 1.807) is 12.1 Å². The molecule has 0 radical (unpaired) electrons. The van der Waals surface area contributed by atoms with Crippen LogP contribution in [0, 0.1) is 0 Å². The van der Waals surface area contributed by atoms with E-state index in [4.69, 9.17) is 4.74 Å². The molecular weight excluding hydrogens is 243 g/mol. The highest BCUT2D eigenvalue weighted by Gasteiger charge is 2.30. The van der Waals surface area contributed by atoms with Crippen LogP contribution in [-0.4, -0.2) is 31.2 Å². The topological polar surface area (TPSA) is 12.5 Å². The van der Waals surface area contributed by atoms with E-state index >= 15 is 0 Å². The molecule has 0 saturated carbocycles. The van der Waals surface area contributed by atoms with Gasteiger partial charge in [-0.15, -0.1) is 0 Å². The lowest BCUT2D eigenvalue weighted by atomic mass is 10.0. The Kier molecular flexibility index (Phi) is 3.92. The number of alkyl halides is 3. The van der Waals surface area contributed by atoms with Crippen LogP contribution in [-0.2, 0) is 10.9 Å². The number of halogens is 3. The Morgan fingerprint density at radius 2 is 1.67 bits per heavy atom. The van der Waals surface area contributed by atoms with Crippen molar-refractivity contribution in [2.75, 3.05) is 26.3 Å².